The van der Waals surface area contributed by atoms with E-state index in [9.17, 15) is 0 Å². The third-order valence-corrected chi connectivity index (χ3v) is 2.99. The summed E-state index contributed by atoms with van der Waals surface area (Å²) in [6, 6.07) is 0.554. The van der Waals surface area contributed by atoms with Gasteiger partial charge in [0.15, 0.2) is 0 Å². The monoisotopic (exact) mass is 227 g/mol. The Labute approximate surface area is 96.3 Å². The first kappa shape index (κ1) is 12.6. The van der Waals surface area contributed by atoms with Gasteiger partial charge < -0.3 is 5.32 Å². The van der Waals surface area contributed by atoms with E-state index in [-0.39, 0.29) is 0 Å². The maximum absolute atomic E-state index is 4.10. The summed E-state index contributed by atoms with van der Waals surface area (Å²) >= 11 is 1.65. The van der Waals surface area contributed by atoms with Gasteiger partial charge in [0, 0.05) is 12.5 Å². The predicted octanol–water partition coefficient (Wildman–Crippen LogP) is 2.49. The molecule has 1 heterocycles. The van der Waals surface area contributed by atoms with Gasteiger partial charge in [0.25, 0.3) is 0 Å². The number of rotatable bonds is 7. The number of hydrogen-bond acceptors (Lipinski definition) is 4. The maximum atomic E-state index is 4.10. The van der Waals surface area contributed by atoms with Crippen molar-refractivity contribution in [3.05, 3.63) is 10.5 Å². The quantitative estimate of drug-likeness (QED) is 0.777. The zero-order valence-corrected chi connectivity index (χ0v) is 10.7. The standard InChI is InChI=1S/C11H21N3S/c1-4-5-12-10(6-9(2)3)7-11-14-13-8-15-11/h8-10,12H,4-7H2,1-3H3. The number of hydrogen-bond donors (Lipinski definition) is 1. The Morgan fingerprint density at radius 2 is 2.27 bits per heavy atom. The highest BCUT2D eigenvalue weighted by atomic mass is 32.1. The van der Waals surface area contributed by atoms with E-state index < -0.39 is 0 Å². The highest BCUT2D eigenvalue weighted by Gasteiger charge is 2.12. The van der Waals surface area contributed by atoms with Gasteiger partial charge in [0.2, 0.25) is 0 Å². The van der Waals surface area contributed by atoms with Gasteiger partial charge in [0.1, 0.15) is 10.5 Å². The van der Waals surface area contributed by atoms with E-state index in [0.717, 1.165) is 23.9 Å². The van der Waals surface area contributed by atoms with Crippen LogP contribution < -0.4 is 5.32 Å². The van der Waals surface area contributed by atoms with Gasteiger partial charge in [-0.25, -0.2) is 0 Å². The van der Waals surface area contributed by atoms with E-state index in [1.54, 1.807) is 11.3 Å². The molecule has 0 saturated heterocycles. The van der Waals surface area contributed by atoms with Gasteiger partial charge in [-0.2, -0.15) is 0 Å². The molecule has 1 unspecified atom stereocenters. The fraction of sp³-hybridized carbons (Fsp3) is 0.818. The Morgan fingerprint density at radius 1 is 1.47 bits per heavy atom. The van der Waals surface area contributed by atoms with Gasteiger partial charge in [0.05, 0.1) is 0 Å². The number of nitrogens with one attached hydrogen (secondary N) is 1. The molecule has 0 radical (unpaired) electrons. The molecule has 0 bridgehead atoms. The first-order valence-corrected chi connectivity index (χ1v) is 6.58. The molecule has 1 aromatic heterocycles. The summed E-state index contributed by atoms with van der Waals surface area (Å²) in [6.07, 6.45) is 3.41. The molecule has 0 aromatic carbocycles. The summed E-state index contributed by atoms with van der Waals surface area (Å²) in [6.45, 7) is 7.82. The van der Waals surface area contributed by atoms with Gasteiger partial charge in [-0.05, 0) is 25.3 Å². The second-order valence-corrected chi connectivity index (χ2v) is 5.23. The van der Waals surface area contributed by atoms with Crippen LogP contribution in [0.25, 0.3) is 0 Å². The average Bonchev–Trinajstić information content (AvgIpc) is 2.66. The summed E-state index contributed by atoms with van der Waals surface area (Å²) in [4.78, 5) is 0. The molecule has 1 rings (SSSR count). The fourth-order valence-electron chi connectivity index (χ4n) is 1.65. The molecular weight excluding hydrogens is 206 g/mol. The summed E-state index contributed by atoms with van der Waals surface area (Å²) in [5, 5.41) is 12.7. The molecule has 0 aliphatic rings. The maximum Gasteiger partial charge on any atom is 0.118 e. The lowest BCUT2D eigenvalue weighted by molar-refractivity contribution is 0.415. The Hall–Kier alpha value is -0.480. The average molecular weight is 227 g/mol. The highest BCUT2D eigenvalue weighted by molar-refractivity contribution is 7.09. The van der Waals surface area contributed by atoms with Crippen molar-refractivity contribution in [3.63, 3.8) is 0 Å². The van der Waals surface area contributed by atoms with Gasteiger partial charge in [-0.1, -0.05) is 20.8 Å². The molecular formula is C11H21N3S. The van der Waals surface area contributed by atoms with Crippen molar-refractivity contribution >= 4 is 11.3 Å². The fourth-order valence-corrected chi connectivity index (χ4v) is 2.26. The van der Waals surface area contributed by atoms with Crippen LogP contribution in [-0.4, -0.2) is 22.8 Å². The van der Waals surface area contributed by atoms with Crippen LogP contribution in [-0.2, 0) is 6.42 Å². The van der Waals surface area contributed by atoms with Crippen molar-refractivity contribution in [3.8, 4) is 0 Å². The zero-order chi connectivity index (χ0) is 11.1. The van der Waals surface area contributed by atoms with E-state index in [4.69, 9.17) is 0 Å². The van der Waals surface area contributed by atoms with Gasteiger partial charge in [-0.15, -0.1) is 21.5 Å². The topological polar surface area (TPSA) is 37.8 Å². The summed E-state index contributed by atoms with van der Waals surface area (Å²) in [5.74, 6) is 0.729. The molecule has 1 aromatic rings. The van der Waals surface area contributed by atoms with Gasteiger partial charge >= 0.3 is 0 Å². The minimum atomic E-state index is 0.554. The van der Waals surface area contributed by atoms with E-state index in [1.165, 1.54) is 12.8 Å². The minimum absolute atomic E-state index is 0.554. The van der Waals surface area contributed by atoms with Crippen molar-refractivity contribution in [2.45, 2.75) is 46.1 Å². The van der Waals surface area contributed by atoms with Crippen molar-refractivity contribution in [1.29, 1.82) is 0 Å². The molecule has 0 aliphatic heterocycles. The molecule has 0 amide bonds. The SMILES string of the molecule is CCCNC(Cc1nncs1)CC(C)C. The van der Waals surface area contributed by atoms with Crippen LogP contribution in [0.5, 0.6) is 0 Å². The Morgan fingerprint density at radius 3 is 2.80 bits per heavy atom. The second kappa shape index (κ2) is 6.90. The summed E-state index contributed by atoms with van der Waals surface area (Å²) in [7, 11) is 0. The van der Waals surface area contributed by atoms with E-state index in [2.05, 4.69) is 36.3 Å². The lowest BCUT2D eigenvalue weighted by atomic mass is 10.0. The summed E-state index contributed by atoms with van der Waals surface area (Å²) < 4.78 is 0. The molecule has 15 heavy (non-hydrogen) atoms. The van der Waals surface area contributed by atoms with Crippen LogP contribution in [0.2, 0.25) is 0 Å². The van der Waals surface area contributed by atoms with Crippen LogP contribution in [0.4, 0.5) is 0 Å². The molecule has 3 nitrogen and oxygen atoms in total. The van der Waals surface area contributed by atoms with Crippen molar-refractivity contribution in [2.75, 3.05) is 6.54 Å². The first-order valence-electron chi connectivity index (χ1n) is 5.70. The second-order valence-electron chi connectivity index (χ2n) is 4.32. The normalized spacial score (nSPS) is 13.3. The third kappa shape index (κ3) is 5.23. The molecule has 86 valence electrons. The van der Waals surface area contributed by atoms with Gasteiger partial charge in [-0.3, -0.25) is 0 Å². The Kier molecular flexibility index (Phi) is 5.79. The highest BCUT2D eigenvalue weighted by Crippen LogP contribution is 2.12. The predicted molar refractivity (Wildman–Crippen MR) is 65.1 cm³/mol. The lowest BCUT2D eigenvalue weighted by Gasteiger charge is -2.19. The minimum Gasteiger partial charge on any atom is -0.314 e. The molecule has 0 spiro atoms. The molecule has 0 saturated carbocycles. The van der Waals surface area contributed by atoms with Crippen LogP contribution in [0, 0.1) is 5.92 Å². The number of nitrogens with zero attached hydrogens (tertiary/aromatic N) is 2. The first-order chi connectivity index (χ1) is 7.22. The van der Waals surface area contributed by atoms with Crippen molar-refractivity contribution < 1.29 is 0 Å². The van der Waals surface area contributed by atoms with Crippen LogP contribution >= 0.6 is 11.3 Å². The van der Waals surface area contributed by atoms with Crippen LogP contribution in [0.3, 0.4) is 0 Å². The smallest absolute Gasteiger partial charge is 0.118 e. The number of aromatic nitrogens is 2. The van der Waals surface area contributed by atoms with E-state index >= 15 is 0 Å². The third-order valence-electron chi connectivity index (χ3n) is 2.27. The van der Waals surface area contributed by atoms with E-state index in [1.807, 2.05) is 5.51 Å². The van der Waals surface area contributed by atoms with Crippen LogP contribution in [0.15, 0.2) is 5.51 Å². The molecule has 4 heteroatoms. The van der Waals surface area contributed by atoms with Crippen LogP contribution in [0.1, 0.15) is 38.6 Å². The lowest BCUT2D eigenvalue weighted by Crippen LogP contribution is -2.33. The van der Waals surface area contributed by atoms with Crippen molar-refractivity contribution in [2.24, 2.45) is 5.92 Å². The summed E-state index contributed by atoms with van der Waals surface area (Å²) in [5.41, 5.74) is 1.81. The zero-order valence-electron chi connectivity index (χ0n) is 9.86. The molecule has 1 atom stereocenters. The Balaban J connectivity index is 2.41. The molecule has 0 fully saturated rings. The van der Waals surface area contributed by atoms with Crippen molar-refractivity contribution in [1.82, 2.24) is 15.5 Å². The molecule has 1 N–H and O–H groups in total. The van der Waals surface area contributed by atoms with E-state index in [0.29, 0.717) is 6.04 Å². The largest absolute Gasteiger partial charge is 0.314 e. The Bertz CT molecular complexity index is 246. The molecule has 0 aliphatic carbocycles.